The monoisotopic (exact) mass is 242 g/mol. The normalized spacial score (nSPS) is 12.1. The standard InChI is InChI=1S/C11H22N4S/c1-6-9-13-10(16-14-9)12-7-11(2,3)8-15(4)5/h6-8H2,1-5H3,(H,12,13,14). The highest BCUT2D eigenvalue weighted by molar-refractivity contribution is 7.09. The highest BCUT2D eigenvalue weighted by Gasteiger charge is 2.19. The van der Waals surface area contributed by atoms with Crippen LogP contribution in [0.3, 0.4) is 0 Å². The Morgan fingerprint density at radius 2 is 2.06 bits per heavy atom. The van der Waals surface area contributed by atoms with Crippen molar-refractivity contribution < 1.29 is 0 Å². The van der Waals surface area contributed by atoms with Crippen molar-refractivity contribution in [2.24, 2.45) is 5.41 Å². The van der Waals surface area contributed by atoms with E-state index in [1.54, 1.807) is 0 Å². The fourth-order valence-electron chi connectivity index (χ4n) is 1.70. The van der Waals surface area contributed by atoms with Gasteiger partial charge in [0.15, 0.2) is 0 Å². The molecule has 4 nitrogen and oxygen atoms in total. The van der Waals surface area contributed by atoms with Crippen LogP contribution in [0.5, 0.6) is 0 Å². The molecule has 0 aromatic carbocycles. The van der Waals surface area contributed by atoms with E-state index < -0.39 is 0 Å². The van der Waals surface area contributed by atoms with Crippen LogP contribution < -0.4 is 5.32 Å². The number of rotatable bonds is 6. The minimum atomic E-state index is 0.238. The molecule has 0 fully saturated rings. The van der Waals surface area contributed by atoms with Gasteiger partial charge in [0.1, 0.15) is 5.82 Å². The van der Waals surface area contributed by atoms with Gasteiger partial charge in [0.25, 0.3) is 0 Å². The number of nitrogens with zero attached hydrogens (tertiary/aromatic N) is 3. The van der Waals surface area contributed by atoms with E-state index in [2.05, 4.69) is 54.4 Å². The van der Waals surface area contributed by atoms with Gasteiger partial charge in [-0.3, -0.25) is 0 Å². The largest absolute Gasteiger partial charge is 0.360 e. The molecule has 0 unspecified atom stereocenters. The van der Waals surface area contributed by atoms with Gasteiger partial charge in [0.05, 0.1) is 0 Å². The Bertz CT molecular complexity index is 320. The van der Waals surface area contributed by atoms with Crippen molar-refractivity contribution in [2.45, 2.75) is 27.2 Å². The van der Waals surface area contributed by atoms with E-state index in [-0.39, 0.29) is 5.41 Å². The first kappa shape index (κ1) is 13.4. The summed E-state index contributed by atoms with van der Waals surface area (Å²) in [7, 11) is 4.20. The molecule has 1 aromatic heterocycles. The lowest BCUT2D eigenvalue weighted by Crippen LogP contribution is -2.34. The molecule has 1 rings (SSSR count). The maximum absolute atomic E-state index is 4.39. The summed E-state index contributed by atoms with van der Waals surface area (Å²) in [5, 5.41) is 4.30. The molecule has 0 bridgehead atoms. The van der Waals surface area contributed by atoms with Gasteiger partial charge in [-0.1, -0.05) is 20.8 Å². The van der Waals surface area contributed by atoms with Crippen LogP contribution in [0.25, 0.3) is 0 Å². The highest BCUT2D eigenvalue weighted by Crippen LogP contribution is 2.18. The highest BCUT2D eigenvalue weighted by atomic mass is 32.1. The second-order valence-electron chi connectivity index (χ2n) is 5.12. The van der Waals surface area contributed by atoms with Gasteiger partial charge in [-0.2, -0.15) is 4.37 Å². The van der Waals surface area contributed by atoms with Crippen molar-refractivity contribution in [3.05, 3.63) is 5.82 Å². The quantitative estimate of drug-likeness (QED) is 0.829. The summed E-state index contributed by atoms with van der Waals surface area (Å²) in [5.74, 6) is 0.929. The Kier molecular flexibility index (Phi) is 4.68. The van der Waals surface area contributed by atoms with Crippen LogP contribution in [0.15, 0.2) is 0 Å². The van der Waals surface area contributed by atoms with Crippen LogP contribution >= 0.6 is 11.5 Å². The van der Waals surface area contributed by atoms with Crippen molar-refractivity contribution in [3.63, 3.8) is 0 Å². The summed E-state index contributed by atoms with van der Waals surface area (Å²) in [5.41, 5.74) is 0.238. The Balaban J connectivity index is 2.44. The topological polar surface area (TPSA) is 41.1 Å². The van der Waals surface area contributed by atoms with E-state index in [0.717, 1.165) is 30.5 Å². The van der Waals surface area contributed by atoms with E-state index in [1.165, 1.54) is 11.5 Å². The minimum absolute atomic E-state index is 0.238. The van der Waals surface area contributed by atoms with Crippen molar-refractivity contribution in [2.75, 3.05) is 32.5 Å². The van der Waals surface area contributed by atoms with E-state index >= 15 is 0 Å². The molecule has 0 saturated carbocycles. The molecule has 1 N–H and O–H groups in total. The predicted octanol–water partition coefficient (Wildman–Crippen LogP) is 2.10. The number of nitrogens with one attached hydrogen (secondary N) is 1. The second kappa shape index (κ2) is 5.59. The molecule has 0 aliphatic carbocycles. The van der Waals surface area contributed by atoms with Crippen molar-refractivity contribution in [1.29, 1.82) is 0 Å². The minimum Gasteiger partial charge on any atom is -0.360 e. The first-order chi connectivity index (χ1) is 7.43. The summed E-state index contributed by atoms with van der Waals surface area (Å²) in [4.78, 5) is 6.60. The molecule has 0 amide bonds. The van der Waals surface area contributed by atoms with Gasteiger partial charge in [-0.25, -0.2) is 4.98 Å². The Labute approximate surface area is 102 Å². The van der Waals surface area contributed by atoms with E-state index in [9.17, 15) is 0 Å². The summed E-state index contributed by atoms with van der Waals surface area (Å²) < 4.78 is 4.25. The maximum Gasteiger partial charge on any atom is 0.202 e. The lowest BCUT2D eigenvalue weighted by molar-refractivity contribution is 0.254. The van der Waals surface area contributed by atoms with Crippen LogP contribution in [0, 0.1) is 5.41 Å². The summed E-state index contributed by atoms with van der Waals surface area (Å²) in [6, 6.07) is 0. The Morgan fingerprint density at radius 1 is 1.38 bits per heavy atom. The molecular formula is C11H22N4S. The number of aromatic nitrogens is 2. The van der Waals surface area contributed by atoms with Crippen LogP contribution in [-0.4, -0.2) is 41.4 Å². The second-order valence-corrected chi connectivity index (χ2v) is 5.88. The number of aryl methyl sites for hydroxylation is 1. The molecule has 0 aliphatic heterocycles. The molecule has 1 heterocycles. The van der Waals surface area contributed by atoms with Crippen molar-refractivity contribution in [1.82, 2.24) is 14.3 Å². The fraction of sp³-hybridized carbons (Fsp3) is 0.818. The zero-order valence-electron chi connectivity index (χ0n) is 10.9. The van der Waals surface area contributed by atoms with Gasteiger partial charge in [-0.05, 0) is 19.5 Å². The molecule has 92 valence electrons. The summed E-state index contributed by atoms with van der Waals surface area (Å²) in [6.45, 7) is 8.55. The molecule has 0 atom stereocenters. The van der Waals surface area contributed by atoms with Gasteiger partial charge >= 0.3 is 0 Å². The molecule has 16 heavy (non-hydrogen) atoms. The van der Waals surface area contributed by atoms with E-state index in [0.29, 0.717) is 0 Å². The fourth-order valence-corrected chi connectivity index (χ4v) is 2.34. The van der Waals surface area contributed by atoms with Gasteiger partial charge in [0.2, 0.25) is 5.13 Å². The van der Waals surface area contributed by atoms with Crippen LogP contribution in [0.1, 0.15) is 26.6 Å². The lowest BCUT2D eigenvalue weighted by atomic mass is 9.93. The molecule has 0 saturated heterocycles. The molecular weight excluding hydrogens is 220 g/mol. The van der Waals surface area contributed by atoms with Gasteiger partial charge in [0, 0.05) is 31.0 Å². The smallest absolute Gasteiger partial charge is 0.202 e. The average molecular weight is 242 g/mol. The predicted molar refractivity (Wildman–Crippen MR) is 70.1 cm³/mol. The third-order valence-corrected chi connectivity index (χ3v) is 2.96. The van der Waals surface area contributed by atoms with Crippen LogP contribution in [-0.2, 0) is 6.42 Å². The summed E-state index contributed by atoms with van der Waals surface area (Å²) in [6.07, 6.45) is 0.902. The first-order valence-electron chi connectivity index (χ1n) is 5.64. The number of anilines is 1. The zero-order chi connectivity index (χ0) is 12.2. The van der Waals surface area contributed by atoms with Gasteiger partial charge in [-0.15, -0.1) is 0 Å². The Hall–Kier alpha value is -0.680. The Morgan fingerprint density at radius 3 is 2.56 bits per heavy atom. The van der Waals surface area contributed by atoms with E-state index in [4.69, 9.17) is 0 Å². The van der Waals surface area contributed by atoms with Gasteiger partial charge < -0.3 is 10.2 Å². The molecule has 5 heteroatoms. The molecule has 0 aliphatic rings. The average Bonchev–Trinajstić information content (AvgIpc) is 2.60. The molecule has 0 spiro atoms. The lowest BCUT2D eigenvalue weighted by Gasteiger charge is -2.28. The number of hydrogen-bond acceptors (Lipinski definition) is 5. The first-order valence-corrected chi connectivity index (χ1v) is 6.41. The third kappa shape index (κ3) is 4.45. The molecule has 0 radical (unpaired) electrons. The maximum atomic E-state index is 4.39. The van der Waals surface area contributed by atoms with E-state index in [1.807, 2.05) is 0 Å². The van der Waals surface area contributed by atoms with Crippen LogP contribution in [0.2, 0.25) is 0 Å². The molecule has 1 aromatic rings. The van der Waals surface area contributed by atoms with Crippen molar-refractivity contribution in [3.8, 4) is 0 Å². The van der Waals surface area contributed by atoms with Crippen molar-refractivity contribution >= 4 is 16.7 Å². The zero-order valence-corrected chi connectivity index (χ0v) is 11.7. The summed E-state index contributed by atoms with van der Waals surface area (Å²) >= 11 is 1.45. The van der Waals surface area contributed by atoms with Crippen LogP contribution in [0.4, 0.5) is 5.13 Å². The SMILES string of the molecule is CCc1nsc(NCC(C)(C)CN(C)C)n1. The number of hydrogen-bond donors (Lipinski definition) is 1. The third-order valence-electron chi connectivity index (χ3n) is 2.25.